The maximum absolute atomic E-state index is 14.6. The summed E-state index contributed by atoms with van der Waals surface area (Å²) in [7, 11) is 3.46. The van der Waals surface area contributed by atoms with Crippen molar-refractivity contribution in [2.45, 2.75) is 31.6 Å². The van der Waals surface area contributed by atoms with Crippen LogP contribution in [0.5, 0.6) is 6.01 Å². The maximum atomic E-state index is 14.6. The Morgan fingerprint density at radius 3 is 2.42 bits per heavy atom. The van der Waals surface area contributed by atoms with Crippen LogP contribution in [0.1, 0.15) is 25.7 Å². The van der Waals surface area contributed by atoms with Crippen molar-refractivity contribution >= 4 is 16.7 Å². The number of aromatic nitrogens is 2. The zero-order valence-corrected chi connectivity index (χ0v) is 17.7. The quantitative estimate of drug-likeness (QED) is 0.635. The molecule has 1 saturated heterocycles. The van der Waals surface area contributed by atoms with Gasteiger partial charge in [0, 0.05) is 37.5 Å². The maximum Gasteiger partial charge on any atom is 0.319 e. The Bertz CT molecular complexity index is 1000. The molecule has 0 radical (unpaired) electrons. The number of piperidine rings is 1. The van der Waals surface area contributed by atoms with Crippen LogP contribution in [-0.4, -0.2) is 61.1 Å². The molecule has 1 aromatic carbocycles. The number of hydrogen-bond acceptors (Lipinski definition) is 5. The first-order valence-electron chi connectivity index (χ1n) is 10.7. The third-order valence-corrected chi connectivity index (χ3v) is 6.89. The van der Waals surface area contributed by atoms with Crippen LogP contribution in [-0.2, 0) is 0 Å². The summed E-state index contributed by atoms with van der Waals surface area (Å²) in [5.41, 5.74) is -1.36. The first kappa shape index (κ1) is 20.7. The fraction of sp³-hybridized carbons (Fsp3) is 0.636. The van der Waals surface area contributed by atoms with E-state index < -0.39 is 23.0 Å². The van der Waals surface area contributed by atoms with Gasteiger partial charge in [-0.25, -0.2) is 17.6 Å². The van der Waals surface area contributed by atoms with Gasteiger partial charge in [-0.05, 0) is 51.3 Å². The molecule has 2 unspecified atom stereocenters. The summed E-state index contributed by atoms with van der Waals surface area (Å²) >= 11 is 0. The lowest BCUT2D eigenvalue weighted by molar-refractivity contribution is 0.0288. The summed E-state index contributed by atoms with van der Waals surface area (Å²) in [5, 5.41) is 0.283. The molecule has 3 fully saturated rings. The number of hydrogen-bond donors (Lipinski definition) is 0. The van der Waals surface area contributed by atoms with E-state index in [0.29, 0.717) is 17.7 Å². The van der Waals surface area contributed by atoms with Crippen LogP contribution in [0.3, 0.4) is 0 Å². The van der Waals surface area contributed by atoms with Gasteiger partial charge in [0.2, 0.25) is 0 Å². The zero-order valence-electron chi connectivity index (χ0n) is 17.7. The molecular formula is C22H26F4N4O. The van der Waals surface area contributed by atoms with E-state index in [9.17, 15) is 17.6 Å². The van der Waals surface area contributed by atoms with E-state index in [1.165, 1.54) is 6.07 Å². The fourth-order valence-corrected chi connectivity index (χ4v) is 5.37. The molecule has 5 nitrogen and oxygen atoms in total. The summed E-state index contributed by atoms with van der Waals surface area (Å²) in [4.78, 5) is 12.3. The molecule has 9 heteroatoms. The highest BCUT2D eigenvalue weighted by atomic mass is 19.3. The van der Waals surface area contributed by atoms with Crippen LogP contribution >= 0.6 is 0 Å². The Labute approximate surface area is 178 Å². The summed E-state index contributed by atoms with van der Waals surface area (Å²) < 4.78 is 62.4. The number of anilines is 1. The minimum absolute atomic E-state index is 0.0523. The molecule has 2 aliphatic carbocycles. The van der Waals surface area contributed by atoms with Gasteiger partial charge in [-0.3, -0.25) is 0 Å². The Morgan fingerprint density at radius 1 is 1.13 bits per heavy atom. The number of halogens is 4. The van der Waals surface area contributed by atoms with Crippen LogP contribution in [0.2, 0.25) is 0 Å². The largest absolute Gasteiger partial charge is 0.463 e. The van der Waals surface area contributed by atoms with E-state index in [4.69, 9.17) is 4.74 Å². The van der Waals surface area contributed by atoms with Crippen LogP contribution in [0.4, 0.5) is 23.4 Å². The van der Waals surface area contributed by atoms with E-state index in [2.05, 4.69) is 9.97 Å². The molecule has 1 aliphatic heterocycles. The van der Waals surface area contributed by atoms with Crippen LogP contribution in [0.15, 0.2) is 12.1 Å². The molecule has 2 saturated carbocycles. The average molecular weight is 438 g/mol. The predicted octanol–water partition coefficient (Wildman–Crippen LogP) is 4.11. The molecule has 3 atom stereocenters. The Morgan fingerprint density at radius 2 is 1.81 bits per heavy atom. The van der Waals surface area contributed by atoms with Gasteiger partial charge >= 0.3 is 6.01 Å². The van der Waals surface area contributed by atoms with E-state index in [1.54, 1.807) is 19.0 Å². The number of rotatable bonds is 6. The van der Waals surface area contributed by atoms with Gasteiger partial charge in [0.05, 0.1) is 5.41 Å². The second-order valence-electron chi connectivity index (χ2n) is 9.75. The van der Waals surface area contributed by atoms with Crippen molar-refractivity contribution in [2.75, 3.05) is 45.2 Å². The first-order valence-corrected chi connectivity index (χ1v) is 10.7. The van der Waals surface area contributed by atoms with Crippen molar-refractivity contribution in [3.63, 3.8) is 0 Å². The Hall–Kier alpha value is -2.16. The number of alkyl halides is 2. The molecular weight excluding hydrogens is 412 g/mol. The highest BCUT2D eigenvalue weighted by molar-refractivity contribution is 5.90. The molecule has 5 rings (SSSR count). The zero-order chi connectivity index (χ0) is 22.0. The molecule has 3 aliphatic rings. The lowest BCUT2D eigenvalue weighted by Crippen LogP contribution is -2.37. The smallest absolute Gasteiger partial charge is 0.319 e. The lowest BCUT2D eigenvalue weighted by atomic mass is 9.98. The topological polar surface area (TPSA) is 41.5 Å². The Kier molecular flexibility index (Phi) is 4.80. The molecule has 31 heavy (non-hydrogen) atoms. The van der Waals surface area contributed by atoms with Crippen molar-refractivity contribution in [1.29, 1.82) is 0 Å². The number of nitrogens with zero attached hydrogens (tertiary/aromatic N) is 4. The third kappa shape index (κ3) is 3.70. The second kappa shape index (κ2) is 7.18. The van der Waals surface area contributed by atoms with Crippen molar-refractivity contribution in [1.82, 2.24) is 14.9 Å². The van der Waals surface area contributed by atoms with Gasteiger partial charge < -0.3 is 14.5 Å². The minimum Gasteiger partial charge on any atom is -0.463 e. The van der Waals surface area contributed by atoms with Crippen molar-refractivity contribution in [2.24, 2.45) is 17.3 Å². The van der Waals surface area contributed by atoms with Gasteiger partial charge in [0.25, 0.3) is 5.92 Å². The first-order chi connectivity index (χ1) is 14.7. The fourth-order valence-electron chi connectivity index (χ4n) is 5.37. The lowest BCUT2D eigenvalue weighted by Gasteiger charge is -2.33. The molecule has 0 spiro atoms. The number of benzene rings is 1. The normalized spacial score (nSPS) is 29.1. The summed E-state index contributed by atoms with van der Waals surface area (Å²) in [6, 6.07) is 1.86. The van der Waals surface area contributed by atoms with E-state index in [-0.39, 0.29) is 36.5 Å². The monoisotopic (exact) mass is 438 g/mol. The van der Waals surface area contributed by atoms with Crippen LogP contribution < -0.4 is 9.64 Å². The molecule has 1 aromatic heterocycles. The van der Waals surface area contributed by atoms with Crippen molar-refractivity contribution < 1.29 is 22.3 Å². The third-order valence-electron chi connectivity index (χ3n) is 6.89. The highest BCUT2D eigenvalue weighted by Crippen LogP contribution is 2.60. The molecule has 2 aromatic rings. The molecule has 168 valence electrons. The second-order valence-corrected chi connectivity index (χ2v) is 9.75. The SMILES string of the molecule is CN(C)C[C@@]1(COc2nc(N3CC4CCC(C4)C3)c3cc(F)cc(F)c3n2)CC1(F)F. The summed E-state index contributed by atoms with van der Waals surface area (Å²) in [5.74, 6) is -2.87. The molecule has 2 heterocycles. The van der Waals surface area contributed by atoms with Gasteiger partial charge in [-0.1, -0.05) is 0 Å². The molecule has 0 amide bonds. The number of fused-ring (bicyclic) bond motifs is 3. The standard InChI is InChI=1S/C22H26F4N4O/c1-29(2)11-21(10-22(21,25)26)12-31-20-27-18-16(6-15(23)7-17(18)24)19(28-20)30-8-13-3-4-14(5-13)9-30/h6-7,13-14H,3-5,8-12H2,1-2H3/t13?,14?,21-/m1/s1. The Balaban J connectivity index is 1.49. The van der Waals surface area contributed by atoms with Gasteiger partial charge in [-0.2, -0.15) is 9.97 Å². The van der Waals surface area contributed by atoms with E-state index in [0.717, 1.165) is 38.4 Å². The highest BCUT2D eigenvalue weighted by Gasteiger charge is 2.71. The minimum atomic E-state index is -2.82. The molecule has 0 N–H and O–H groups in total. The number of ether oxygens (including phenoxy) is 1. The van der Waals surface area contributed by atoms with Gasteiger partial charge in [0.15, 0.2) is 5.82 Å². The summed E-state index contributed by atoms with van der Waals surface area (Å²) in [6.07, 6.45) is 3.16. The average Bonchev–Trinajstić information content (AvgIpc) is 3.04. The molecule has 2 bridgehead atoms. The van der Waals surface area contributed by atoms with E-state index >= 15 is 0 Å². The van der Waals surface area contributed by atoms with Crippen molar-refractivity contribution in [3.05, 3.63) is 23.8 Å². The van der Waals surface area contributed by atoms with E-state index in [1.807, 2.05) is 4.90 Å². The van der Waals surface area contributed by atoms with Crippen LogP contribution in [0.25, 0.3) is 10.9 Å². The summed E-state index contributed by atoms with van der Waals surface area (Å²) in [6.45, 7) is 1.40. The predicted molar refractivity (Wildman–Crippen MR) is 109 cm³/mol. The van der Waals surface area contributed by atoms with Crippen molar-refractivity contribution in [3.8, 4) is 6.01 Å². The van der Waals surface area contributed by atoms with Gasteiger partial charge in [-0.15, -0.1) is 0 Å². The van der Waals surface area contributed by atoms with Crippen LogP contribution in [0, 0.1) is 28.9 Å². The van der Waals surface area contributed by atoms with Gasteiger partial charge in [0.1, 0.15) is 23.8 Å².